The number of hydrogen-bond donors (Lipinski definition) is 3. The van der Waals surface area contributed by atoms with Gasteiger partial charge >= 0.3 is 11.9 Å². The van der Waals surface area contributed by atoms with Crippen molar-refractivity contribution < 1.29 is 43.3 Å². The molecule has 42 heavy (non-hydrogen) atoms. The van der Waals surface area contributed by atoms with Crippen LogP contribution in [0.4, 0.5) is 5.69 Å². The number of carbonyl (C=O) groups is 4. The Balaban J connectivity index is 1.73. The summed E-state index contributed by atoms with van der Waals surface area (Å²) in [5.74, 6) is -2.97. The second-order valence-electron chi connectivity index (χ2n) is 10.5. The van der Waals surface area contributed by atoms with E-state index in [1.165, 1.54) is 25.0 Å². The lowest BCUT2D eigenvalue weighted by molar-refractivity contribution is -0.145. The molecule has 1 aromatic rings. The van der Waals surface area contributed by atoms with Gasteiger partial charge in [-0.15, -0.1) is 0 Å². The van der Waals surface area contributed by atoms with Gasteiger partial charge in [-0.05, 0) is 25.5 Å². The van der Waals surface area contributed by atoms with E-state index in [4.69, 9.17) is 19.6 Å². The maximum Gasteiger partial charge on any atom is 0.328 e. The first-order valence-electron chi connectivity index (χ1n) is 13.2. The molecule has 0 saturated carbocycles. The molecule has 0 bridgehead atoms. The predicted octanol–water partition coefficient (Wildman–Crippen LogP) is -0.0114. The second-order valence-corrected chi connectivity index (χ2v) is 10.5. The number of carbonyl (C=O) groups excluding carboxylic acids is 4. The van der Waals surface area contributed by atoms with Crippen molar-refractivity contribution in [1.82, 2.24) is 14.8 Å². The number of nitrogens with zero attached hydrogens (tertiary/aromatic N) is 3. The van der Waals surface area contributed by atoms with E-state index in [1.807, 2.05) is 0 Å². The molecule has 0 radical (unpaired) electrons. The van der Waals surface area contributed by atoms with Crippen molar-refractivity contribution >= 4 is 40.5 Å². The number of nitrogens with two attached hydrogens (primary N) is 1. The summed E-state index contributed by atoms with van der Waals surface area (Å²) in [5.41, 5.74) is 5.41. The lowest BCUT2D eigenvalue weighted by Crippen LogP contribution is -2.42. The number of aliphatic hydroxyl groups is 2. The van der Waals surface area contributed by atoms with Crippen molar-refractivity contribution in [3.05, 3.63) is 44.6 Å². The van der Waals surface area contributed by atoms with Crippen LogP contribution in [-0.4, -0.2) is 100 Å². The Morgan fingerprint density at radius 2 is 1.50 bits per heavy atom. The van der Waals surface area contributed by atoms with Gasteiger partial charge in [0.05, 0.1) is 43.2 Å². The van der Waals surface area contributed by atoms with Crippen molar-refractivity contribution in [2.45, 2.75) is 51.0 Å². The van der Waals surface area contributed by atoms with Crippen LogP contribution in [0.15, 0.2) is 21.3 Å². The Morgan fingerprint density at radius 3 is 2.05 bits per heavy atom. The van der Waals surface area contributed by atoms with E-state index in [-0.39, 0.29) is 65.2 Å². The number of ether oxygens (including phenoxy) is 2. The lowest BCUT2D eigenvalue weighted by atomic mass is 9.99. The van der Waals surface area contributed by atoms with Gasteiger partial charge in [0.2, 0.25) is 5.43 Å². The average Bonchev–Trinajstić information content (AvgIpc) is 3.57. The first-order chi connectivity index (χ1) is 19.9. The number of fused-ring (bicyclic) bond motifs is 2. The zero-order valence-corrected chi connectivity index (χ0v) is 23.4. The molecule has 0 aromatic heterocycles. The van der Waals surface area contributed by atoms with Crippen LogP contribution in [0.3, 0.4) is 0 Å². The third kappa shape index (κ3) is 4.52. The molecule has 4 aliphatic rings. The van der Waals surface area contributed by atoms with E-state index in [1.54, 1.807) is 13.0 Å². The molecule has 4 N–H and O–H groups in total. The zero-order chi connectivity index (χ0) is 30.6. The minimum absolute atomic E-state index is 0.00730. The van der Waals surface area contributed by atoms with Crippen LogP contribution in [0.25, 0.3) is 22.6 Å². The minimum atomic E-state index is -1.13. The molecule has 3 heterocycles. The van der Waals surface area contributed by atoms with Crippen molar-refractivity contribution in [3.63, 3.8) is 0 Å². The summed E-state index contributed by atoms with van der Waals surface area (Å²) >= 11 is 0. The van der Waals surface area contributed by atoms with Gasteiger partial charge < -0.3 is 39.6 Å². The Morgan fingerprint density at radius 1 is 0.952 bits per heavy atom. The first-order valence-corrected chi connectivity index (χ1v) is 13.2. The molecular formula is C28H30N4O10. The summed E-state index contributed by atoms with van der Waals surface area (Å²) in [5, 5.41) is 20.5. The average molecular weight is 583 g/mol. The Bertz CT molecular complexity index is 1670. The highest BCUT2D eigenvalue weighted by Gasteiger charge is 2.43. The summed E-state index contributed by atoms with van der Waals surface area (Å²) < 4.78 is 15.8. The lowest BCUT2D eigenvalue weighted by Gasteiger charge is -2.25. The fraction of sp³-hybridized carbons (Fsp3) is 0.429. The van der Waals surface area contributed by atoms with E-state index in [0.717, 1.165) is 12.0 Å². The molecule has 1 aliphatic carbocycles. The number of likely N-dealkylation sites (tertiary alicyclic amines) is 2. The SMILES string of the molecule is COC(=O)[C@@H]1C[C@@H](O)CN1C(=O)c1c2nc3c(C(=O)N4C[C@H](O)C[C@H]4C(=O)OC)ccc(C)c3oc-2c(C)c(=O)c1N. The van der Waals surface area contributed by atoms with Crippen molar-refractivity contribution in [1.29, 1.82) is 0 Å². The molecule has 0 unspecified atom stereocenters. The number of aliphatic hydroxyl groups excluding tert-OH is 2. The number of aromatic nitrogens is 1. The summed E-state index contributed by atoms with van der Waals surface area (Å²) in [6, 6.07) is 0.936. The van der Waals surface area contributed by atoms with Gasteiger partial charge in [0, 0.05) is 31.5 Å². The molecule has 2 fully saturated rings. The van der Waals surface area contributed by atoms with Gasteiger partial charge in [-0.3, -0.25) is 14.4 Å². The van der Waals surface area contributed by atoms with Crippen LogP contribution < -0.4 is 11.2 Å². The smallest absolute Gasteiger partial charge is 0.328 e. The van der Waals surface area contributed by atoms with Crippen molar-refractivity contribution in [2.75, 3.05) is 33.0 Å². The number of rotatable bonds is 4. The number of esters is 2. The van der Waals surface area contributed by atoms with Gasteiger partial charge in [-0.1, -0.05) is 6.07 Å². The fourth-order valence-electron chi connectivity index (χ4n) is 5.68. The molecular weight excluding hydrogens is 552 g/mol. The Hall–Kier alpha value is -4.56. The third-order valence-corrected chi connectivity index (χ3v) is 7.87. The highest BCUT2D eigenvalue weighted by molar-refractivity contribution is 6.09. The van der Waals surface area contributed by atoms with Crippen LogP contribution in [-0.2, 0) is 19.1 Å². The summed E-state index contributed by atoms with van der Waals surface area (Å²) in [7, 11) is 2.34. The van der Waals surface area contributed by atoms with Gasteiger partial charge in [-0.2, -0.15) is 0 Å². The number of nitrogen functional groups attached to an aromatic ring is 1. The van der Waals surface area contributed by atoms with Crippen LogP contribution >= 0.6 is 0 Å². The van der Waals surface area contributed by atoms with E-state index in [9.17, 15) is 34.2 Å². The molecule has 2 amide bonds. The number of benzene rings is 2. The van der Waals surface area contributed by atoms with Crippen LogP contribution in [0.2, 0.25) is 0 Å². The Labute approximate surface area is 238 Å². The molecule has 3 aliphatic heterocycles. The largest absolute Gasteiger partial charge is 0.467 e. The fourth-order valence-corrected chi connectivity index (χ4v) is 5.68. The molecule has 14 heteroatoms. The summed E-state index contributed by atoms with van der Waals surface area (Å²) in [6.45, 7) is 2.82. The van der Waals surface area contributed by atoms with E-state index < -0.39 is 59.2 Å². The number of aryl methyl sites for hydroxylation is 1. The van der Waals surface area contributed by atoms with Crippen molar-refractivity contribution in [3.8, 4) is 11.5 Å². The highest BCUT2D eigenvalue weighted by atomic mass is 16.5. The molecule has 2 saturated heterocycles. The predicted molar refractivity (Wildman–Crippen MR) is 146 cm³/mol. The number of amides is 2. The van der Waals surface area contributed by atoms with E-state index >= 15 is 0 Å². The molecule has 14 nitrogen and oxygen atoms in total. The summed E-state index contributed by atoms with van der Waals surface area (Å²) in [4.78, 5) is 72.5. The standard InChI is InChI=1S/C28H30N4O10/c1-11-5-6-15(25(36)31-9-13(33)7-16(31)27(38)40-3)20-23(11)42-24-12(2)22(35)19(29)18(21(24)30-20)26(37)32-10-14(34)8-17(32)28(39)41-4/h5-6,13-14,16-17,33-34H,7-10,29H2,1-4H3/t13-,14-,16+,17+/m1/s1. The van der Waals surface area contributed by atoms with E-state index in [2.05, 4.69) is 4.98 Å². The van der Waals surface area contributed by atoms with Crippen LogP contribution in [0.1, 0.15) is 44.7 Å². The maximum atomic E-state index is 13.9. The normalized spacial score (nSPS) is 22.1. The monoisotopic (exact) mass is 582 g/mol. The topological polar surface area (TPSA) is 203 Å². The first kappa shape index (κ1) is 29.0. The van der Waals surface area contributed by atoms with Crippen LogP contribution in [0.5, 0.6) is 0 Å². The van der Waals surface area contributed by atoms with Gasteiger partial charge in [-0.25, -0.2) is 14.6 Å². The molecule has 5 rings (SSSR count). The van der Waals surface area contributed by atoms with Gasteiger partial charge in [0.15, 0.2) is 11.3 Å². The number of hydrogen-bond acceptors (Lipinski definition) is 12. The number of anilines is 1. The third-order valence-electron chi connectivity index (χ3n) is 7.87. The molecule has 0 spiro atoms. The minimum Gasteiger partial charge on any atom is -0.467 e. The maximum absolute atomic E-state index is 13.9. The quantitative estimate of drug-likeness (QED) is 0.211. The van der Waals surface area contributed by atoms with Gasteiger partial charge in [0.25, 0.3) is 11.8 Å². The molecule has 1 aromatic carbocycles. The summed E-state index contributed by atoms with van der Waals surface area (Å²) in [6.07, 6.45) is -2.05. The number of methoxy groups -OCH3 is 2. The Kier molecular flexibility index (Phi) is 7.37. The molecule has 222 valence electrons. The number of β-amino-alcohol motifs (C(OH)–C–C–N with tert-alkyl or cyclic N) is 2. The van der Waals surface area contributed by atoms with Crippen LogP contribution in [0, 0.1) is 13.8 Å². The van der Waals surface area contributed by atoms with E-state index in [0.29, 0.717) is 5.56 Å². The molecule has 4 atom stereocenters. The second kappa shape index (κ2) is 10.7. The van der Waals surface area contributed by atoms with Gasteiger partial charge in [0.1, 0.15) is 23.3 Å². The zero-order valence-electron chi connectivity index (χ0n) is 23.4. The van der Waals surface area contributed by atoms with Crippen molar-refractivity contribution in [2.24, 2.45) is 0 Å². The highest BCUT2D eigenvalue weighted by Crippen LogP contribution is 2.37.